The van der Waals surface area contributed by atoms with E-state index in [-0.39, 0.29) is 23.6 Å². The van der Waals surface area contributed by atoms with Crippen LogP contribution in [-0.4, -0.2) is 31.9 Å². The SMILES string of the molecule is CCC(C)NC(=O)CCC1CCS(=O)(=O)C1. The van der Waals surface area contributed by atoms with Crippen molar-refractivity contribution in [1.29, 1.82) is 0 Å². The molecule has 1 saturated heterocycles. The lowest BCUT2D eigenvalue weighted by molar-refractivity contribution is -0.122. The van der Waals surface area contributed by atoms with Gasteiger partial charge in [0.2, 0.25) is 5.91 Å². The van der Waals surface area contributed by atoms with Gasteiger partial charge in [0.25, 0.3) is 0 Å². The number of nitrogens with one attached hydrogen (secondary N) is 1. The zero-order valence-electron chi connectivity index (χ0n) is 10.0. The lowest BCUT2D eigenvalue weighted by atomic mass is 10.0. The smallest absolute Gasteiger partial charge is 0.220 e. The Bertz CT molecular complexity index is 337. The van der Waals surface area contributed by atoms with Gasteiger partial charge in [0.15, 0.2) is 9.84 Å². The Morgan fingerprint density at radius 1 is 1.50 bits per heavy atom. The summed E-state index contributed by atoms with van der Waals surface area (Å²) in [5.74, 6) is 0.792. The summed E-state index contributed by atoms with van der Waals surface area (Å²) in [6, 6.07) is 0.208. The second-order valence-corrected chi connectivity index (χ2v) is 6.91. The highest BCUT2D eigenvalue weighted by Gasteiger charge is 2.27. The number of carbonyl (C=O) groups is 1. The molecule has 0 aromatic heterocycles. The monoisotopic (exact) mass is 247 g/mol. The number of amides is 1. The zero-order chi connectivity index (χ0) is 12.2. The highest BCUT2D eigenvalue weighted by Crippen LogP contribution is 2.22. The van der Waals surface area contributed by atoms with E-state index >= 15 is 0 Å². The standard InChI is InChI=1S/C11H21NO3S/c1-3-9(2)12-11(13)5-4-10-6-7-16(14,15)8-10/h9-10H,3-8H2,1-2H3,(H,12,13). The number of sulfone groups is 1. The number of rotatable bonds is 5. The van der Waals surface area contributed by atoms with Crippen molar-refractivity contribution in [3.05, 3.63) is 0 Å². The summed E-state index contributed by atoms with van der Waals surface area (Å²) in [7, 11) is -2.80. The maximum absolute atomic E-state index is 11.5. The normalized spacial score (nSPS) is 25.2. The average Bonchev–Trinajstić information content (AvgIpc) is 2.55. The van der Waals surface area contributed by atoms with Crippen molar-refractivity contribution in [2.45, 2.75) is 45.6 Å². The molecule has 2 atom stereocenters. The fraction of sp³-hybridized carbons (Fsp3) is 0.909. The largest absolute Gasteiger partial charge is 0.354 e. The summed E-state index contributed by atoms with van der Waals surface area (Å²) in [5.41, 5.74) is 0. The van der Waals surface area contributed by atoms with Gasteiger partial charge >= 0.3 is 0 Å². The van der Waals surface area contributed by atoms with E-state index in [2.05, 4.69) is 5.32 Å². The molecule has 0 spiro atoms. The lowest BCUT2D eigenvalue weighted by Gasteiger charge is -2.12. The van der Waals surface area contributed by atoms with Gasteiger partial charge in [-0.25, -0.2) is 8.42 Å². The highest BCUT2D eigenvalue weighted by atomic mass is 32.2. The molecule has 0 aliphatic carbocycles. The van der Waals surface area contributed by atoms with Crippen molar-refractivity contribution in [1.82, 2.24) is 5.32 Å². The molecule has 1 rings (SSSR count). The molecule has 94 valence electrons. The van der Waals surface area contributed by atoms with Gasteiger partial charge in [-0.15, -0.1) is 0 Å². The van der Waals surface area contributed by atoms with Crippen LogP contribution in [0.15, 0.2) is 0 Å². The number of carbonyl (C=O) groups excluding carboxylic acids is 1. The number of hydrogen-bond donors (Lipinski definition) is 1. The Morgan fingerprint density at radius 3 is 2.69 bits per heavy atom. The lowest BCUT2D eigenvalue weighted by Crippen LogP contribution is -2.32. The summed E-state index contributed by atoms with van der Waals surface area (Å²) in [6.07, 6.45) is 2.79. The molecular weight excluding hydrogens is 226 g/mol. The third-order valence-corrected chi connectivity index (χ3v) is 4.96. The second kappa shape index (κ2) is 5.66. The van der Waals surface area contributed by atoms with Crippen LogP contribution >= 0.6 is 0 Å². The molecule has 0 aromatic carbocycles. The van der Waals surface area contributed by atoms with E-state index < -0.39 is 9.84 Å². The predicted octanol–water partition coefficient (Wildman–Crippen LogP) is 1.12. The molecule has 0 radical (unpaired) electrons. The van der Waals surface area contributed by atoms with Crippen LogP contribution in [0, 0.1) is 5.92 Å². The van der Waals surface area contributed by atoms with Crippen LogP contribution in [0.2, 0.25) is 0 Å². The average molecular weight is 247 g/mol. The summed E-state index contributed by atoms with van der Waals surface area (Å²) in [5, 5.41) is 2.89. The molecule has 1 N–H and O–H groups in total. The van der Waals surface area contributed by atoms with Crippen LogP contribution in [0.3, 0.4) is 0 Å². The first-order valence-electron chi connectivity index (χ1n) is 5.92. The van der Waals surface area contributed by atoms with Crippen LogP contribution in [0.25, 0.3) is 0 Å². The topological polar surface area (TPSA) is 63.2 Å². The molecule has 1 aliphatic rings. The van der Waals surface area contributed by atoms with Crippen LogP contribution < -0.4 is 5.32 Å². The van der Waals surface area contributed by atoms with Crippen molar-refractivity contribution in [3.63, 3.8) is 0 Å². The van der Waals surface area contributed by atoms with Crippen molar-refractivity contribution >= 4 is 15.7 Å². The van der Waals surface area contributed by atoms with E-state index in [0.717, 1.165) is 12.8 Å². The van der Waals surface area contributed by atoms with Gasteiger partial charge in [0.05, 0.1) is 11.5 Å². The van der Waals surface area contributed by atoms with Gasteiger partial charge in [0.1, 0.15) is 0 Å². The van der Waals surface area contributed by atoms with Crippen LogP contribution in [0.5, 0.6) is 0 Å². The van der Waals surface area contributed by atoms with Gasteiger partial charge in [-0.3, -0.25) is 4.79 Å². The minimum absolute atomic E-state index is 0.0404. The first kappa shape index (κ1) is 13.5. The summed E-state index contributed by atoms with van der Waals surface area (Å²) in [4.78, 5) is 11.5. The Morgan fingerprint density at radius 2 is 2.19 bits per heavy atom. The minimum atomic E-state index is -2.80. The summed E-state index contributed by atoms with van der Waals surface area (Å²) >= 11 is 0. The first-order chi connectivity index (χ1) is 7.43. The quantitative estimate of drug-likeness (QED) is 0.791. The molecule has 1 amide bonds. The van der Waals surface area contributed by atoms with Crippen LogP contribution in [0.1, 0.15) is 39.5 Å². The zero-order valence-corrected chi connectivity index (χ0v) is 10.8. The van der Waals surface area contributed by atoms with Crippen molar-refractivity contribution in [3.8, 4) is 0 Å². The van der Waals surface area contributed by atoms with Crippen molar-refractivity contribution in [2.24, 2.45) is 5.92 Å². The third-order valence-electron chi connectivity index (χ3n) is 3.13. The molecular formula is C11H21NO3S. The molecule has 16 heavy (non-hydrogen) atoms. The van der Waals surface area contributed by atoms with Crippen LogP contribution in [0.4, 0.5) is 0 Å². The Kier molecular flexibility index (Phi) is 4.77. The maximum atomic E-state index is 11.5. The predicted molar refractivity (Wildman–Crippen MR) is 63.9 cm³/mol. The van der Waals surface area contributed by atoms with Gasteiger partial charge in [-0.2, -0.15) is 0 Å². The third kappa shape index (κ3) is 4.51. The van der Waals surface area contributed by atoms with E-state index in [1.165, 1.54) is 0 Å². The maximum Gasteiger partial charge on any atom is 0.220 e. The molecule has 1 heterocycles. The van der Waals surface area contributed by atoms with E-state index in [1.54, 1.807) is 0 Å². The Hall–Kier alpha value is -0.580. The molecule has 1 aliphatic heterocycles. The summed E-state index contributed by atoms with van der Waals surface area (Å²) in [6.45, 7) is 3.99. The fourth-order valence-corrected chi connectivity index (χ4v) is 3.79. The molecule has 2 unspecified atom stereocenters. The number of hydrogen-bond acceptors (Lipinski definition) is 3. The Labute approximate surface area is 97.7 Å². The van der Waals surface area contributed by atoms with Gasteiger partial charge in [-0.05, 0) is 32.1 Å². The fourth-order valence-electron chi connectivity index (χ4n) is 1.88. The van der Waals surface area contributed by atoms with Crippen LogP contribution in [-0.2, 0) is 14.6 Å². The molecule has 0 bridgehead atoms. The second-order valence-electron chi connectivity index (χ2n) is 4.68. The minimum Gasteiger partial charge on any atom is -0.354 e. The first-order valence-corrected chi connectivity index (χ1v) is 7.75. The molecule has 4 nitrogen and oxygen atoms in total. The summed E-state index contributed by atoms with van der Waals surface area (Å²) < 4.78 is 22.4. The van der Waals surface area contributed by atoms with Gasteiger partial charge in [-0.1, -0.05) is 6.92 Å². The van der Waals surface area contributed by atoms with E-state index in [9.17, 15) is 13.2 Å². The molecule has 1 fully saturated rings. The van der Waals surface area contributed by atoms with E-state index in [0.29, 0.717) is 18.6 Å². The Balaban J connectivity index is 2.23. The van der Waals surface area contributed by atoms with E-state index in [1.807, 2.05) is 13.8 Å². The van der Waals surface area contributed by atoms with Crippen molar-refractivity contribution in [2.75, 3.05) is 11.5 Å². The van der Waals surface area contributed by atoms with Gasteiger partial charge in [0, 0.05) is 12.5 Å². The van der Waals surface area contributed by atoms with Crippen molar-refractivity contribution < 1.29 is 13.2 Å². The molecule has 5 heteroatoms. The van der Waals surface area contributed by atoms with E-state index in [4.69, 9.17) is 0 Å². The molecule has 0 aromatic rings. The highest BCUT2D eigenvalue weighted by molar-refractivity contribution is 7.91. The molecule has 0 saturated carbocycles. The van der Waals surface area contributed by atoms with Gasteiger partial charge < -0.3 is 5.32 Å².